The summed E-state index contributed by atoms with van der Waals surface area (Å²) >= 11 is 0. The molecule has 2 saturated heterocycles. The molecule has 6 aliphatic rings. The Bertz CT molecular complexity index is 678. The van der Waals surface area contributed by atoms with Gasteiger partial charge in [0.15, 0.2) is 0 Å². The second kappa shape index (κ2) is 7.23. The fraction of sp³-hybridized carbons (Fsp3) is 0.913. The zero-order valence-corrected chi connectivity index (χ0v) is 17.0. The van der Waals surface area contributed by atoms with Gasteiger partial charge in [0.1, 0.15) is 6.10 Å². The Morgan fingerprint density at radius 1 is 0.862 bits per heavy atom. The van der Waals surface area contributed by atoms with Crippen molar-refractivity contribution in [3.8, 4) is 0 Å². The average Bonchev–Trinajstić information content (AvgIpc) is 3.43. The molecule has 4 saturated carbocycles. The molecule has 0 amide bonds. The molecule has 160 valence electrons. The molecule has 2 bridgehead atoms. The number of epoxide rings is 2. The van der Waals surface area contributed by atoms with E-state index < -0.39 is 0 Å². The highest BCUT2D eigenvalue weighted by Crippen LogP contribution is 2.64. The molecule has 0 spiro atoms. The highest BCUT2D eigenvalue weighted by atomic mass is 16.6. The third kappa shape index (κ3) is 3.50. The van der Waals surface area contributed by atoms with Gasteiger partial charge >= 0.3 is 11.9 Å². The number of carbonyl (C=O) groups is 2. The number of rotatable bonds is 9. The van der Waals surface area contributed by atoms with Crippen LogP contribution < -0.4 is 0 Å². The largest absolute Gasteiger partial charge is 0.466 e. The van der Waals surface area contributed by atoms with E-state index >= 15 is 0 Å². The van der Waals surface area contributed by atoms with Gasteiger partial charge in [-0.2, -0.15) is 0 Å². The molecule has 6 rings (SSSR count). The molecule has 0 aromatic rings. The maximum atomic E-state index is 12.3. The van der Waals surface area contributed by atoms with Crippen molar-refractivity contribution in [1.82, 2.24) is 0 Å². The maximum absolute atomic E-state index is 12.3. The first-order valence-corrected chi connectivity index (χ1v) is 11.8. The lowest BCUT2D eigenvalue weighted by molar-refractivity contribution is -0.154. The summed E-state index contributed by atoms with van der Waals surface area (Å²) in [5.41, 5.74) is 0. The molecular formula is C23H32O6. The molecule has 4 aliphatic carbocycles. The summed E-state index contributed by atoms with van der Waals surface area (Å²) in [6.45, 7) is 0.497. The summed E-state index contributed by atoms with van der Waals surface area (Å²) in [6.07, 6.45) is 11.0. The van der Waals surface area contributed by atoms with Crippen molar-refractivity contribution >= 4 is 11.9 Å². The highest BCUT2D eigenvalue weighted by Gasteiger charge is 2.67. The highest BCUT2D eigenvalue weighted by molar-refractivity contribution is 5.70. The van der Waals surface area contributed by atoms with Gasteiger partial charge in [0, 0.05) is 12.8 Å². The standard InChI is InChI=1S/C23H32O6/c24-19(26-8-7-12-5-6-16-22(12)28-16)3-1-2-4-20(25)27-17-10-13-9-14(17)15-11-18-23(29-18)21(13)15/h12-18,21-23H,1-11H2. The van der Waals surface area contributed by atoms with E-state index in [0.717, 1.165) is 24.7 Å². The van der Waals surface area contributed by atoms with Gasteiger partial charge in [-0.3, -0.25) is 9.59 Å². The Morgan fingerprint density at radius 2 is 1.69 bits per heavy atom. The number of hydrogen-bond donors (Lipinski definition) is 0. The molecule has 0 aromatic heterocycles. The molecule has 29 heavy (non-hydrogen) atoms. The average molecular weight is 405 g/mol. The third-order valence-corrected chi connectivity index (χ3v) is 8.64. The van der Waals surface area contributed by atoms with E-state index in [1.54, 1.807) is 0 Å². The van der Waals surface area contributed by atoms with Gasteiger partial charge in [-0.05, 0) is 81.0 Å². The van der Waals surface area contributed by atoms with Crippen molar-refractivity contribution in [3.05, 3.63) is 0 Å². The van der Waals surface area contributed by atoms with Gasteiger partial charge in [0.25, 0.3) is 0 Å². The summed E-state index contributed by atoms with van der Waals surface area (Å²) in [4.78, 5) is 24.1. The number of ether oxygens (including phenoxy) is 4. The Hall–Kier alpha value is -1.14. The van der Waals surface area contributed by atoms with Crippen molar-refractivity contribution in [2.24, 2.45) is 29.6 Å². The predicted molar refractivity (Wildman–Crippen MR) is 102 cm³/mol. The molecule has 2 heterocycles. The van der Waals surface area contributed by atoms with Crippen LogP contribution in [0, 0.1) is 29.6 Å². The van der Waals surface area contributed by atoms with Crippen molar-refractivity contribution < 1.29 is 28.5 Å². The molecule has 0 radical (unpaired) electrons. The third-order valence-electron chi connectivity index (χ3n) is 8.64. The first-order chi connectivity index (χ1) is 14.2. The van der Waals surface area contributed by atoms with E-state index in [-0.39, 0.29) is 18.0 Å². The lowest BCUT2D eigenvalue weighted by Crippen LogP contribution is -2.34. The van der Waals surface area contributed by atoms with E-state index in [1.807, 2.05) is 0 Å². The quantitative estimate of drug-likeness (QED) is 0.334. The first kappa shape index (κ1) is 18.6. The second-order valence-electron chi connectivity index (χ2n) is 10.2. The van der Waals surface area contributed by atoms with Gasteiger partial charge in [-0.1, -0.05) is 0 Å². The molecule has 6 nitrogen and oxygen atoms in total. The molecule has 0 aromatic carbocycles. The molecule has 10 unspecified atom stereocenters. The van der Waals surface area contributed by atoms with Crippen LogP contribution in [0.3, 0.4) is 0 Å². The van der Waals surface area contributed by atoms with Gasteiger partial charge < -0.3 is 18.9 Å². The zero-order valence-electron chi connectivity index (χ0n) is 17.0. The van der Waals surface area contributed by atoms with Crippen LogP contribution in [0.5, 0.6) is 0 Å². The van der Waals surface area contributed by atoms with Crippen LogP contribution in [-0.2, 0) is 28.5 Å². The van der Waals surface area contributed by atoms with Gasteiger partial charge in [0.05, 0.1) is 31.0 Å². The van der Waals surface area contributed by atoms with E-state index in [1.165, 1.54) is 25.7 Å². The number of fused-ring (bicyclic) bond motifs is 8. The van der Waals surface area contributed by atoms with E-state index in [2.05, 4.69) is 0 Å². The van der Waals surface area contributed by atoms with E-state index in [9.17, 15) is 9.59 Å². The zero-order chi connectivity index (χ0) is 19.5. The second-order valence-corrected chi connectivity index (χ2v) is 10.2. The first-order valence-electron chi connectivity index (χ1n) is 11.8. The molecular weight excluding hydrogens is 372 g/mol. The Balaban J connectivity index is 0.841. The number of carbonyl (C=O) groups excluding carboxylic acids is 2. The smallest absolute Gasteiger partial charge is 0.306 e. The summed E-state index contributed by atoms with van der Waals surface area (Å²) in [6, 6.07) is 0. The number of unbranched alkanes of at least 4 members (excludes halogenated alkanes) is 1. The molecule has 6 heteroatoms. The minimum Gasteiger partial charge on any atom is -0.466 e. The van der Waals surface area contributed by atoms with Gasteiger partial charge in [0.2, 0.25) is 0 Å². The normalized spacial score (nSPS) is 47.4. The van der Waals surface area contributed by atoms with E-state index in [4.69, 9.17) is 18.9 Å². The topological polar surface area (TPSA) is 77.7 Å². The Morgan fingerprint density at radius 3 is 2.48 bits per heavy atom. The monoisotopic (exact) mass is 404 g/mol. The van der Waals surface area contributed by atoms with Crippen LogP contribution >= 0.6 is 0 Å². The van der Waals surface area contributed by atoms with Crippen molar-refractivity contribution in [1.29, 1.82) is 0 Å². The lowest BCUT2D eigenvalue weighted by atomic mass is 9.79. The van der Waals surface area contributed by atoms with Crippen LogP contribution in [-0.4, -0.2) is 49.1 Å². The molecule has 2 aliphatic heterocycles. The fourth-order valence-corrected chi connectivity index (χ4v) is 7.22. The summed E-state index contributed by atoms with van der Waals surface area (Å²) in [7, 11) is 0. The van der Waals surface area contributed by atoms with Crippen LogP contribution in [0.4, 0.5) is 0 Å². The van der Waals surface area contributed by atoms with Crippen molar-refractivity contribution in [2.45, 2.75) is 94.7 Å². The predicted octanol–water partition coefficient (Wildman–Crippen LogP) is 3.01. The minimum absolute atomic E-state index is 0.0907. The summed E-state index contributed by atoms with van der Waals surface area (Å²) < 4.78 is 22.4. The fourth-order valence-electron chi connectivity index (χ4n) is 7.22. The van der Waals surface area contributed by atoms with E-state index in [0.29, 0.717) is 74.5 Å². The maximum Gasteiger partial charge on any atom is 0.306 e. The number of esters is 2. The van der Waals surface area contributed by atoms with Crippen molar-refractivity contribution in [2.75, 3.05) is 6.61 Å². The molecule has 6 fully saturated rings. The summed E-state index contributed by atoms with van der Waals surface area (Å²) in [5, 5.41) is 0. The Kier molecular flexibility index (Phi) is 4.64. The van der Waals surface area contributed by atoms with Crippen LogP contribution in [0.15, 0.2) is 0 Å². The van der Waals surface area contributed by atoms with Crippen LogP contribution in [0.25, 0.3) is 0 Å². The lowest BCUT2D eigenvalue weighted by Gasteiger charge is -2.32. The van der Waals surface area contributed by atoms with Gasteiger partial charge in [-0.25, -0.2) is 0 Å². The van der Waals surface area contributed by atoms with Crippen LogP contribution in [0.2, 0.25) is 0 Å². The number of hydrogen-bond acceptors (Lipinski definition) is 6. The van der Waals surface area contributed by atoms with Crippen LogP contribution in [0.1, 0.15) is 64.2 Å². The Labute approximate surface area is 172 Å². The van der Waals surface area contributed by atoms with Gasteiger partial charge in [-0.15, -0.1) is 0 Å². The van der Waals surface area contributed by atoms with Crippen molar-refractivity contribution in [3.63, 3.8) is 0 Å². The minimum atomic E-state index is -0.147. The molecule has 0 N–H and O–H groups in total. The SMILES string of the molecule is O=C(CCCCC(=O)OC1CC2CC1C1CC3OC3C21)OCCC1CCC2OC12. The molecule has 10 atom stereocenters. The summed E-state index contributed by atoms with van der Waals surface area (Å²) in [5.74, 6) is 3.09.